The zero-order chi connectivity index (χ0) is 13.3. The second-order valence-electron chi connectivity index (χ2n) is 5.55. The van der Waals surface area contributed by atoms with Gasteiger partial charge in [-0.1, -0.05) is 32.0 Å². The van der Waals surface area contributed by atoms with Crippen LogP contribution in [-0.2, 0) is 11.2 Å². The first-order valence-corrected chi connectivity index (χ1v) is 6.19. The molecule has 0 heterocycles. The fourth-order valence-corrected chi connectivity index (χ4v) is 2.26. The Morgan fingerprint density at radius 1 is 1.50 bits per heavy atom. The third-order valence-electron chi connectivity index (χ3n) is 3.99. The number of amides is 1. The minimum atomic E-state index is -0.336. The van der Waals surface area contributed by atoms with E-state index in [4.69, 9.17) is 5.73 Å². The first-order valence-electron chi connectivity index (χ1n) is 6.19. The molecule has 1 aliphatic carbocycles. The Bertz CT molecular complexity index is 459. The fraction of sp³-hybridized carbons (Fsp3) is 0.500. The number of hydrogen-bond donors (Lipinski definition) is 2. The van der Waals surface area contributed by atoms with Crippen LogP contribution < -0.4 is 11.1 Å². The summed E-state index contributed by atoms with van der Waals surface area (Å²) in [6, 6.07) is 6.56. The van der Waals surface area contributed by atoms with Gasteiger partial charge in [0.15, 0.2) is 0 Å². The van der Waals surface area contributed by atoms with Crippen LogP contribution in [0.15, 0.2) is 24.3 Å². The molecule has 1 aliphatic rings. The molecule has 0 aromatic heterocycles. The number of nitrogens with one attached hydrogen (secondary N) is 1. The standard InChI is InChI=1S/C14H19FN2O/c1-14(2)11(16)8-12(14)17-13(18)7-9-5-3-4-6-10(9)15/h3-6,11-12H,7-8,16H2,1-2H3,(H,17,18). The predicted octanol–water partition coefficient (Wildman–Crippen LogP) is 1.61. The van der Waals surface area contributed by atoms with Crippen molar-refractivity contribution in [2.45, 2.75) is 38.8 Å². The van der Waals surface area contributed by atoms with Gasteiger partial charge < -0.3 is 11.1 Å². The molecule has 0 radical (unpaired) electrons. The monoisotopic (exact) mass is 250 g/mol. The maximum Gasteiger partial charge on any atom is 0.224 e. The molecule has 98 valence electrons. The van der Waals surface area contributed by atoms with Crippen LogP contribution in [0.1, 0.15) is 25.8 Å². The Hall–Kier alpha value is -1.42. The molecule has 0 spiro atoms. The smallest absolute Gasteiger partial charge is 0.224 e. The molecule has 3 nitrogen and oxygen atoms in total. The number of hydrogen-bond acceptors (Lipinski definition) is 2. The van der Waals surface area contributed by atoms with Crippen LogP contribution in [0.4, 0.5) is 4.39 Å². The van der Waals surface area contributed by atoms with Crippen LogP contribution in [0.25, 0.3) is 0 Å². The minimum Gasteiger partial charge on any atom is -0.352 e. The van der Waals surface area contributed by atoms with Crippen molar-refractivity contribution in [1.82, 2.24) is 5.32 Å². The van der Waals surface area contributed by atoms with Gasteiger partial charge in [0.05, 0.1) is 6.42 Å². The molecule has 0 aliphatic heterocycles. The lowest BCUT2D eigenvalue weighted by Gasteiger charge is -2.50. The van der Waals surface area contributed by atoms with Crippen molar-refractivity contribution in [3.8, 4) is 0 Å². The van der Waals surface area contributed by atoms with E-state index < -0.39 is 0 Å². The van der Waals surface area contributed by atoms with Crippen LogP contribution in [0.2, 0.25) is 0 Å². The molecule has 4 heteroatoms. The maximum atomic E-state index is 13.4. The van der Waals surface area contributed by atoms with Crippen molar-refractivity contribution in [2.75, 3.05) is 0 Å². The summed E-state index contributed by atoms with van der Waals surface area (Å²) in [6.07, 6.45) is 0.866. The zero-order valence-electron chi connectivity index (χ0n) is 10.7. The van der Waals surface area contributed by atoms with Gasteiger partial charge in [-0.25, -0.2) is 4.39 Å². The molecule has 0 bridgehead atoms. The van der Waals surface area contributed by atoms with E-state index in [-0.39, 0.29) is 35.6 Å². The molecule has 2 rings (SSSR count). The van der Waals surface area contributed by atoms with Gasteiger partial charge in [0.1, 0.15) is 5.82 Å². The molecular weight excluding hydrogens is 231 g/mol. The van der Waals surface area contributed by atoms with E-state index in [2.05, 4.69) is 5.32 Å². The van der Waals surface area contributed by atoms with E-state index in [1.165, 1.54) is 6.07 Å². The van der Waals surface area contributed by atoms with E-state index in [1.807, 2.05) is 13.8 Å². The second kappa shape index (κ2) is 4.69. The third-order valence-corrected chi connectivity index (χ3v) is 3.99. The molecule has 1 aromatic rings. The molecule has 0 saturated heterocycles. The van der Waals surface area contributed by atoms with Gasteiger partial charge in [-0.05, 0) is 18.1 Å². The fourth-order valence-electron chi connectivity index (χ4n) is 2.26. The lowest BCUT2D eigenvalue weighted by molar-refractivity contribution is -0.123. The first kappa shape index (κ1) is 13.0. The van der Waals surface area contributed by atoms with E-state index in [0.717, 1.165) is 6.42 Å². The van der Waals surface area contributed by atoms with Crippen LogP contribution in [0, 0.1) is 11.2 Å². The highest BCUT2D eigenvalue weighted by molar-refractivity contribution is 5.79. The zero-order valence-corrected chi connectivity index (χ0v) is 10.7. The number of carbonyl (C=O) groups excluding carboxylic acids is 1. The Labute approximate surface area is 107 Å². The Balaban J connectivity index is 1.93. The average Bonchev–Trinajstić information content (AvgIpc) is 2.32. The first-order chi connectivity index (χ1) is 8.41. The van der Waals surface area contributed by atoms with Gasteiger partial charge in [-0.15, -0.1) is 0 Å². The summed E-state index contributed by atoms with van der Waals surface area (Å²) >= 11 is 0. The number of halogens is 1. The van der Waals surface area contributed by atoms with E-state index in [0.29, 0.717) is 5.56 Å². The van der Waals surface area contributed by atoms with Gasteiger partial charge in [-0.3, -0.25) is 4.79 Å². The van der Waals surface area contributed by atoms with Gasteiger partial charge >= 0.3 is 0 Å². The van der Waals surface area contributed by atoms with Crippen molar-refractivity contribution < 1.29 is 9.18 Å². The lowest BCUT2D eigenvalue weighted by atomic mass is 9.63. The highest BCUT2D eigenvalue weighted by Crippen LogP contribution is 2.38. The number of nitrogens with two attached hydrogens (primary N) is 1. The molecule has 18 heavy (non-hydrogen) atoms. The molecule has 1 fully saturated rings. The van der Waals surface area contributed by atoms with Gasteiger partial charge in [0.2, 0.25) is 5.91 Å². The van der Waals surface area contributed by atoms with Crippen molar-refractivity contribution >= 4 is 5.91 Å². The summed E-state index contributed by atoms with van der Waals surface area (Å²) < 4.78 is 13.4. The van der Waals surface area contributed by atoms with Crippen LogP contribution in [0.5, 0.6) is 0 Å². The molecule has 1 amide bonds. The third kappa shape index (κ3) is 2.38. The highest BCUT2D eigenvalue weighted by atomic mass is 19.1. The number of benzene rings is 1. The number of rotatable bonds is 3. The van der Waals surface area contributed by atoms with Gasteiger partial charge in [-0.2, -0.15) is 0 Å². The molecule has 3 N–H and O–H groups in total. The predicted molar refractivity (Wildman–Crippen MR) is 68.4 cm³/mol. The molecule has 2 unspecified atom stereocenters. The second-order valence-corrected chi connectivity index (χ2v) is 5.55. The van der Waals surface area contributed by atoms with Crippen molar-refractivity contribution in [1.29, 1.82) is 0 Å². The maximum absolute atomic E-state index is 13.4. The Morgan fingerprint density at radius 3 is 2.72 bits per heavy atom. The van der Waals surface area contributed by atoms with E-state index in [1.54, 1.807) is 18.2 Å². The topological polar surface area (TPSA) is 55.1 Å². The Kier molecular flexibility index (Phi) is 3.39. The van der Waals surface area contributed by atoms with E-state index in [9.17, 15) is 9.18 Å². The normalized spacial score (nSPS) is 25.3. The summed E-state index contributed by atoms with van der Waals surface area (Å²) in [4.78, 5) is 11.8. The largest absolute Gasteiger partial charge is 0.352 e. The summed E-state index contributed by atoms with van der Waals surface area (Å²) in [7, 11) is 0. The van der Waals surface area contributed by atoms with Gasteiger partial charge in [0, 0.05) is 17.5 Å². The number of carbonyl (C=O) groups is 1. The summed E-state index contributed by atoms with van der Waals surface area (Å²) in [5.74, 6) is -0.484. The summed E-state index contributed by atoms with van der Waals surface area (Å²) in [5, 5.41) is 2.93. The van der Waals surface area contributed by atoms with Crippen molar-refractivity contribution in [3.63, 3.8) is 0 Å². The van der Waals surface area contributed by atoms with Crippen molar-refractivity contribution in [3.05, 3.63) is 35.6 Å². The lowest BCUT2D eigenvalue weighted by Crippen LogP contribution is -2.64. The SMILES string of the molecule is CC1(C)C(N)CC1NC(=O)Cc1ccccc1F. The molecule has 1 aromatic carbocycles. The molecular formula is C14H19FN2O. The highest BCUT2D eigenvalue weighted by Gasteiger charge is 2.46. The van der Waals surface area contributed by atoms with Crippen LogP contribution >= 0.6 is 0 Å². The minimum absolute atomic E-state index is 0.0779. The Morgan fingerprint density at radius 2 is 2.17 bits per heavy atom. The van der Waals surface area contributed by atoms with Crippen LogP contribution in [-0.4, -0.2) is 18.0 Å². The van der Waals surface area contributed by atoms with Gasteiger partial charge in [0.25, 0.3) is 0 Å². The molecule has 1 saturated carbocycles. The summed E-state index contributed by atoms with van der Waals surface area (Å²) in [6.45, 7) is 4.07. The molecule has 2 atom stereocenters. The van der Waals surface area contributed by atoms with Crippen LogP contribution in [0.3, 0.4) is 0 Å². The van der Waals surface area contributed by atoms with Crippen molar-refractivity contribution in [2.24, 2.45) is 11.1 Å². The quantitative estimate of drug-likeness (QED) is 0.856. The summed E-state index contributed by atoms with van der Waals surface area (Å²) in [5.41, 5.74) is 6.24. The average molecular weight is 250 g/mol. The van der Waals surface area contributed by atoms with E-state index >= 15 is 0 Å².